The molecule has 0 saturated carbocycles. The molecular weight excluding hydrogens is 324 g/mol. The Kier molecular flexibility index (Phi) is 4.15. The summed E-state index contributed by atoms with van der Waals surface area (Å²) in [7, 11) is 0. The summed E-state index contributed by atoms with van der Waals surface area (Å²) in [4.78, 5) is 9.35. The number of aromatic nitrogens is 6. The van der Waals surface area contributed by atoms with Gasteiger partial charge in [-0.1, -0.05) is 12.1 Å². The van der Waals surface area contributed by atoms with Gasteiger partial charge in [-0.3, -0.25) is 9.97 Å². The van der Waals surface area contributed by atoms with Gasteiger partial charge in [0.2, 0.25) is 0 Å². The zero-order valence-electron chi connectivity index (χ0n) is 14.5. The van der Waals surface area contributed by atoms with Crippen LogP contribution in [0.5, 0.6) is 0 Å². The van der Waals surface area contributed by atoms with Gasteiger partial charge in [0.1, 0.15) is 11.4 Å². The highest BCUT2D eigenvalue weighted by Crippen LogP contribution is 2.35. The van der Waals surface area contributed by atoms with Crippen LogP contribution in [0.3, 0.4) is 0 Å². The van der Waals surface area contributed by atoms with Gasteiger partial charge in [-0.05, 0) is 50.2 Å². The second kappa shape index (κ2) is 6.76. The molecule has 6 nitrogen and oxygen atoms in total. The molecule has 4 aromatic rings. The van der Waals surface area contributed by atoms with Gasteiger partial charge in [-0.25, -0.2) is 0 Å². The third-order valence-corrected chi connectivity index (χ3v) is 3.97. The van der Waals surface area contributed by atoms with Crippen LogP contribution in [0.1, 0.15) is 11.4 Å². The van der Waals surface area contributed by atoms with E-state index < -0.39 is 0 Å². The van der Waals surface area contributed by atoms with E-state index in [1.807, 2.05) is 62.4 Å². The number of rotatable bonds is 3. The number of hydrogen-bond donors (Lipinski definition) is 0. The van der Waals surface area contributed by atoms with Crippen molar-refractivity contribution in [2.45, 2.75) is 13.8 Å². The van der Waals surface area contributed by atoms with E-state index in [0.717, 1.165) is 33.9 Å². The molecule has 0 N–H and O–H groups in total. The van der Waals surface area contributed by atoms with Crippen molar-refractivity contribution in [2.24, 2.45) is 0 Å². The summed E-state index contributed by atoms with van der Waals surface area (Å²) < 4.78 is 0. The molecule has 4 heterocycles. The van der Waals surface area contributed by atoms with Gasteiger partial charge < -0.3 is 0 Å². The van der Waals surface area contributed by atoms with Crippen molar-refractivity contribution < 1.29 is 0 Å². The van der Waals surface area contributed by atoms with E-state index in [4.69, 9.17) is 4.98 Å². The minimum absolute atomic E-state index is 0.636. The van der Waals surface area contributed by atoms with E-state index in [2.05, 4.69) is 25.4 Å². The molecule has 4 rings (SSSR count). The zero-order chi connectivity index (χ0) is 17.9. The Bertz CT molecular complexity index is 1060. The van der Waals surface area contributed by atoms with Gasteiger partial charge in [0.05, 0.1) is 17.6 Å². The normalized spacial score (nSPS) is 10.7. The van der Waals surface area contributed by atoms with Gasteiger partial charge in [0, 0.05) is 28.7 Å². The molecule has 0 atom stereocenters. The maximum atomic E-state index is 4.69. The third kappa shape index (κ3) is 3.04. The van der Waals surface area contributed by atoms with E-state index >= 15 is 0 Å². The van der Waals surface area contributed by atoms with Crippen LogP contribution in [0, 0.1) is 13.8 Å². The van der Waals surface area contributed by atoms with Crippen LogP contribution < -0.4 is 0 Å². The van der Waals surface area contributed by atoms with Crippen molar-refractivity contribution in [3.05, 3.63) is 72.3 Å². The van der Waals surface area contributed by atoms with Gasteiger partial charge in [0.15, 0.2) is 0 Å². The Morgan fingerprint density at radius 1 is 0.654 bits per heavy atom. The Labute approximate surface area is 151 Å². The number of aryl methyl sites for hydroxylation is 2. The lowest BCUT2D eigenvalue weighted by atomic mass is 9.99. The van der Waals surface area contributed by atoms with Crippen molar-refractivity contribution in [3.63, 3.8) is 0 Å². The predicted molar refractivity (Wildman–Crippen MR) is 99.0 cm³/mol. The van der Waals surface area contributed by atoms with Crippen LogP contribution in [0.25, 0.3) is 33.9 Å². The number of pyridine rings is 2. The molecule has 0 aromatic carbocycles. The van der Waals surface area contributed by atoms with Crippen LogP contribution >= 0.6 is 0 Å². The molecular formula is C20H16N6. The monoisotopic (exact) mass is 340 g/mol. The molecule has 0 unspecified atom stereocenters. The second-order valence-corrected chi connectivity index (χ2v) is 5.92. The first-order valence-corrected chi connectivity index (χ1v) is 8.24. The fourth-order valence-corrected chi connectivity index (χ4v) is 2.82. The summed E-state index contributed by atoms with van der Waals surface area (Å²) in [5.74, 6) is 0. The van der Waals surface area contributed by atoms with Gasteiger partial charge in [-0.2, -0.15) is 10.2 Å². The molecule has 0 aliphatic heterocycles. The van der Waals surface area contributed by atoms with Crippen molar-refractivity contribution in [2.75, 3.05) is 0 Å². The minimum Gasteiger partial charge on any atom is -0.253 e. The lowest BCUT2D eigenvalue weighted by molar-refractivity contribution is 0.988. The number of nitrogens with zero attached hydrogens (tertiary/aromatic N) is 6. The average molecular weight is 340 g/mol. The molecule has 6 heteroatoms. The molecule has 0 saturated heterocycles. The highest BCUT2D eigenvalue weighted by molar-refractivity contribution is 5.88. The first-order valence-electron chi connectivity index (χ1n) is 8.24. The van der Waals surface area contributed by atoms with Crippen LogP contribution in [0.4, 0.5) is 0 Å². The minimum atomic E-state index is 0.636. The molecule has 0 fully saturated rings. The van der Waals surface area contributed by atoms with Gasteiger partial charge in [0.25, 0.3) is 0 Å². The summed E-state index contributed by atoms with van der Waals surface area (Å²) in [6, 6.07) is 15.5. The number of hydrogen-bond acceptors (Lipinski definition) is 6. The highest BCUT2D eigenvalue weighted by Gasteiger charge is 2.19. The third-order valence-electron chi connectivity index (χ3n) is 3.97. The van der Waals surface area contributed by atoms with Gasteiger partial charge in [-0.15, -0.1) is 10.2 Å². The first-order chi connectivity index (χ1) is 12.7. The molecule has 26 heavy (non-hydrogen) atoms. The molecule has 4 aromatic heterocycles. The largest absolute Gasteiger partial charge is 0.253 e. The molecule has 0 aliphatic rings. The molecule has 0 spiro atoms. The summed E-state index contributed by atoms with van der Waals surface area (Å²) >= 11 is 0. The summed E-state index contributed by atoms with van der Waals surface area (Å²) in [5.41, 5.74) is 6.48. The Morgan fingerprint density at radius 3 is 2.04 bits per heavy atom. The maximum absolute atomic E-state index is 4.69. The lowest BCUT2D eigenvalue weighted by Gasteiger charge is -2.13. The maximum Gasteiger partial charge on any atom is 0.123 e. The molecule has 126 valence electrons. The van der Waals surface area contributed by atoms with Crippen LogP contribution in [-0.2, 0) is 0 Å². The van der Waals surface area contributed by atoms with Crippen LogP contribution in [0.15, 0.2) is 60.9 Å². The van der Waals surface area contributed by atoms with Crippen molar-refractivity contribution in [1.29, 1.82) is 0 Å². The molecule has 0 aliphatic carbocycles. The molecule has 0 radical (unpaired) electrons. The van der Waals surface area contributed by atoms with E-state index in [1.54, 1.807) is 12.4 Å². The second-order valence-electron chi connectivity index (χ2n) is 5.92. The molecule has 0 amide bonds. The van der Waals surface area contributed by atoms with E-state index in [1.165, 1.54) is 0 Å². The topological polar surface area (TPSA) is 77.3 Å². The molecule has 0 bridgehead atoms. The smallest absolute Gasteiger partial charge is 0.123 e. The summed E-state index contributed by atoms with van der Waals surface area (Å²) in [6.45, 7) is 3.93. The predicted octanol–water partition coefficient (Wildman–Crippen LogP) is 3.67. The van der Waals surface area contributed by atoms with Crippen molar-refractivity contribution in [1.82, 2.24) is 30.4 Å². The van der Waals surface area contributed by atoms with Crippen molar-refractivity contribution >= 4 is 0 Å². The Balaban J connectivity index is 2.04. The fourth-order valence-electron chi connectivity index (χ4n) is 2.82. The Morgan fingerprint density at radius 2 is 1.35 bits per heavy atom. The van der Waals surface area contributed by atoms with Crippen LogP contribution in [0.2, 0.25) is 0 Å². The van der Waals surface area contributed by atoms with Crippen molar-refractivity contribution in [3.8, 4) is 33.9 Å². The average Bonchev–Trinajstić information content (AvgIpc) is 2.68. The highest BCUT2D eigenvalue weighted by atomic mass is 15.1. The lowest BCUT2D eigenvalue weighted by Crippen LogP contribution is -2.01. The van der Waals surface area contributed by atoms with E-state index in [9.17, 15) is 0 Å². The SMILES string of the molecule is Cc1cccc(-c2cnnc(-c3cccnn3)c2-c2cccc(C)n2)n1. The summed E-state index contributed by atoms with van der Waals surface area (Å²) in [5, 5.41) is 16.7. The van der Waals surface area contributed by atoms with E-state index in [0.29, 0.717) is 11.4 Å². The summed E-state index contributed by atoms with van der Waals surface area (Å²) in [6.07, 6.45) is 3.36. The van der Waals surface area contributed by atoms with Gasteiger partial charge >= 0.3 is 0 Å². The standard InChI is InChI=1S/C20H16N6/c1-13-6-3-8-16(23-13)15-12-22-26-20(18-10-5-11-21-25-18)19(15)17-9-4-7-14(2)24-17/h3-12H,1-2H3. The van der Waals surface area contributed by atoms with Crippen LogP contribution in [-0.4, -0.2) is 30.4 Å². The fraction of sp³-hybridized carbons (Fsp3) is 0.100. The zero-order valence-corrected chi connectivity index (χ0v) is 14.5. The quantitative estimate of drug-likeness (QED) is 0.566. The van der Waals surface area contributed by atoms with E-state index in [-0.39, 0.29) is 0 Å². The Hall–Kier alpha value is -3.54. The first kappa shape index (κ1) is 16.0.